The van der Waals surface area contributed by atoms with E-state index in [0.29, 0.717) is 10.7 Å². The molecule has 0 aliphatic carbocycles. The first-order chi connectivity index (χ1) is 7.54. The number of nitrogens with two attached hydrogens (primary N) is 1. The van der Waals surface area contributed by atoms with Gasteiger partial charge in [0.15, 0.2) is 0 Å². The van der Waals surface area contributed by atoms with Crippen molar-refractivity contribution >= 4 is 35.6 Å². The Labute approximate surface area is 113 Å². The minimum absolute atomic E-state index is 0. The zero-order valence-corrected chi connectivity index (χ0v) is 11.5. The van der Waals surface area contributed by atoms with Crippen LogP contribution >= 0.6 is 24.0 Å². The van der Waals surface area contributed by atoms with Gasteiger partial charge in [-0.25, -0.2) is 0 Å². The van der Waals surface area contributed by atoms with Crippen molar-refractivity contribution in [3.05, 3.63) is 29.3 Å². The third-order valence-corrected chi connectivity index (χ3v) is 2.89. The largest absolute Gasteiger partial charge is 0.325 e. The summed E-state index contributed by atoms with van der Waals surface area (Å²) in [5.41, 5.74) is 6.49. The Hall–Kier alpha value is -0.770. The third-order valence-electron chi connectivity index (χ3n) is 2.65. The number of carbonyl (C=O) groups excluding carboxylic acids is 1. The maximum absolute atomic E-state index is 11.7. The van der Waals surface area contributed by atoms with E-state index in [1.54, 1.807) is 24.3 Å². The summed E-state index contributed by atoms with van der Waals surface area (Å²) in [6, 6.07) is 6.54. The fraction of sp³-hybridized carbons (Fsp3) is 0.417. The second-order valence-corrected chi connectivity index (χ2v) is 4.35. The normalized spacial score (nSPS) is 13.4. The van der Waals surface area contributed by atoms with Gasteiger partial charge in [0.2, 0.25) is 5.91 Å². The van der Waals surface area contributed by atoms with Gasteiger partial charge in [-0.15, -0.1) is 12.4 Å². The number of anilines is 1. The van der Waals surface area contributed by atoms with Crippen molar-refractivity contribution in [2.45, 2.75) is 26.3 Å². The number of carbonyl (C=O) groups is 1. The van der Waals surface area contributed by atoms with Crippen molar-refractivity contribution in [3.63, 3.8) is 0 Å². The van der Waals surface area contributed by atoms with Crippen LogP contribution in [0.1, 0.15) is 20.3 Å². The Morgan fingerprint density at radius 3 is 2.71 bits per heavy atom. The van der Waals surface area contributed by atoms with Crippen molar-refractivity contribution < 1.29 is 4.79 Å². The lowest BCUT2D eigenvalue weighted by Gasteiger charge is -2.17. The highest BCUT2D eigenvalue weighted by Gasteiger charge is 2.19. The van der Waals surface area contributed by atoms with Crippen molar-refractivity contribution in [1.29, 1.82) is 0 Å². The smallest absolute Gasteiger partial charge is 0.241 e. The van der Waals surface area contributed by atoms with Gasteiger partial charge in [0.25, 0.3) is 0 Å². The van der Waals surface area contributed by atoms with Crippen LogP contribution in [-0.4, -0.2) is 11.9 Å². The van der Waals surface area contributed by atoms with Crippen molar-refractivity contribution in [2.75, 3.05) is 5.32 Å². The summed E-state index contributed by atoms with van der Waals surface area (Å²) in [6.45, 7) is 3.97. The van der Waals surface area contributed by atoms with Gasteiger partial charge in [-0.05, 0) is 24.1 Å². The first-order valence-corrected chi connectivity index (χ1v) is 5.74. The molecule has 0 aliphatic heterocycles. The summed E-state index contributed by atoms with van der Waals surface area (Å²) in [5.74, 6) is -0.00389. The van der Waals surface area contributed by atoms with E-state index in [9.17, 15) is 4.79 Å². The van der Waals surface area contributed by atoms with E-state index >= 15 is 0 Å². The number of hydrogen-bond acceptors (Lipinski definition) is 2. The molecule has 3 nitrogen and oxygen atoms in total. The quantitative estimate of drug-likeness (QED) is 0.888. The SMILES string of the molecule is CCC(C)C(N)C(=O)Nc1cccc(Cl)c1.Cl. The van der Waals surface area contributed by atoms with Crippen molar-refractivity contribution in [2.24, 2.45) is 11.7 Å². The number of rotatable bonds is 4. The molecule has 1 aromatic rings. The highest BCUT2D eigenvalue weighted by Crippen LogP contribution is 2.16. The predicted octanol–water partition coefficient (Wildman–Crippen LogP) is 3.07. The van der Waals surface area contributed by atoms with Gasteiger partial charge < -0.3 is 11.1 Å². The zero-order chi connectivity index (χ0) is 12.1. The fourth-order valence-corrected chi connectivity index (χ4v) is 1.49. The Kier molecular flexibility index (Phi) is 7.19. The van der Waals surface area contributed by atoms with Gasteiger partial charge in [0, 0.05) is 10.7 Å². The van der Waals surface area contributed by atoms with Crippen LogP contribution < -0.4 is 11.1 Å². The van der Waals surface area contributed by atoms with Crippen LogP contribution in [0, 0.1) is 5.92 Å². The molecular weight excluding hydrogens is 259 g/mol. The molecule has 0 saturated carbocycles. The fourth-order valence-electron chi connectivity index (χ4n) is 1.30. The van der Waals surface area contributed by atoms with Crippen LogP contribution in [0.15, 0.2) is 24.3 Å². The lowest BCUT2D eigenvalue weighted by molar-refractivity contribution is -0.118. The molecule has 3 N–H and O–H groups in total. The number of benzene rings is 1. The number of hydrogen-bond donors (Lipinski definition) is 2. The monoisotopic (exact) mass is 276 g/mol. The maximum Gasteiger partial charge on any atom is 0.241 e. The van der Waals surface area contributed by atoms with Crippen LogP contribution in [0.3, 0.4) is 0 Å². The lowest BCUT2D eigenvalue weighted by Crippen LogP contribution is -2.40. The zero-order valence-electron chi connectivity index (χ0n) is 9.94. The molecule has 2 atom stereocenters. The molecule has 0 aromatic heterocycles. The van der Waals surface area contributed by atoms with E-state index in [-0.39, 0.29) is 24.2 Å². The second-order valence-electron chi connectivity index (χ2n) is 3.91. The molecule has 0 heterocycles. The Bertz CT molecular complexity index is 371. The minimum Gasteiger partial charge on any atom is -0.325 e. The van der Waals surface area contributed by atoms with Gasteiger partial charge in [-0.3, -0.25) is 4.79 Å². The molecule has 0 spiro atoms. The van der Waals surface area contributed by atoms with E-state index in [1.165, 1.54) is 0 Å². The Morgan fingerprint density at radius 2 is 2.18 bits per heavy atom. The molecule has 0 fully saturated rings. The van der Waals surface area contributed by atoms with Crippen LogP contribution in [0.5, 0.6) is 0 Å². The van der Waals surface area contributed by atoms with Gasteiger partial charge in [-0.1, -0.05) is 37.9 Å². The molecule has 5 heteroatoms. The van der Waals surface area contributed by atoms with Crippen molar-refractivity contribution in [1.82, 2.24) is 0 Å². The average Bonchev–Trinajstić information content (AvgIpc) is 2.27. The maximum atomic E-state index is 11.7. The summed E-state index contributed by atoms with van der Waals surface area (Å²) in [5, 5.41) is 3.34. The van der Waals surface area contributed by atoms with Gasteiger partial charge >= 0.3 is 0 Å². The third kappa shape index (κ3) is 4.94. The van der Waals surface area contributed by atoms with Crippen LogP contribution in [0.25, 0.3) is 0 Å². The average molecular weight is 277 g/mol. The highest BCUT2D eigenvalue weighted by molar-refractivity contribution is 6.30. The summed E-state index contributed by atoms with van der Waals surface area (Å²) < 4.78 is 0. The summed E-state index contributed by atoms with van der Waals surface area (Å²) in [7, 11) is 0. The minimum atomic E-state index is -0.482. The second kappa shape index (κ2) is 7.54. The standard InChI is InChI=1S/C12H17ClN2O.ClH/c1-3-8(2)11(14)12(16)15-10-6-4-5-9(13)7-10;/h4-8,11H,3,14H2,1-2H3,(H,15,16);1H. The van der Waals surface area contributed by atoms with Gasteiger partial charge in [0.1, 0.15) is 0 Å². The molecule has 0 aliphatic rings. The molecule has 1 rings (SSSR count). The first-order valence-electron chi connectivity index (χ1n) is 5.36. The molecule has 1 amide bonds. The molecular formula is C12H18Cl2N2O. The number of nitrogens with one attached hydrogen (secondary N) is 1. The Morgan fingerprint density at radius 1 is 1.53 bits per heavy atom. The molecule has 0 saturated heterocycles. The topological polar surface area (TPSA) is 55.1 Å². The lowest BCUT2D eigenvalue weighted by atomic mass is 9.99. The molecule has 0 radical (unpaired) electrons. The first kappa shape index (κ1) is 16.2. The molecule has 96 valence electrons. The molecule has 0 bridgehead atoms. The van der Waals surface area contributed by atoms with E-state index in [2.05, 4.69) is 5.32 Å². The highest BCUT2D eigenvalue weighted by atomic mass is 35.5. The number of amides is 1. The molecule has 17 heavy (non-hydrogen) atoms. The van der Waals surface area contributed by atoms with E-state index in [1.807, 2.05) is 13.8 Å². The van der Waals surface area contributed by atoms with E-state index in [0.717, 1.165) is 6.42 Å². The summed E-state index contributed by atoms with van der Waals surface area (Å²) in [4.78, 5) is 11.7. The Balaban J connectivity index is 0.00000256. The summed E-state index contributed by atoms with van der Waals surface area (Å²) >= 11 is 5.82. The molecule has 1 aromatic carbocycles. The van der Waals surface area contributed by atoms with Crippen molar-refractivity contribution in [3.8, 4) is 0 Å². The number of halogens is 2. The predicted molar refractivity (Wildman–Crippen MR) is 74.8 cm³/mol. The van der Waals surface area contributed by atoms with E-state index in [4.69, 9.17) is 17.3 Å². The molecule has 2 unspecified atom stereocenters. The van der Waals surface area contributed by atoms with Crippen LogP contribution in [0.4, 0.5) is 5.69 Å². The van der Waals surface area contributed by atoms with E-state index < -0.39 is 6.04 Å². The van der Waals surface area contributed by atoms with Gasteiger partial charge in [-0.2, -0.15) is 0 Å². The van der Waals surface area contributed by atoms with Crippen LogP contribution in [-0.2, 0) is 4.79 Å². The van der Waals surface area contributed by atoms with Crippen LogP contribution in [0.2, 0.25) is 5.02 Å². The summed E-state index contributed by atoms with van der Waals surface area (Å²) in [6.07, 6.45) is 0.879. The van der Waals surface area contributed by atoms with Gasteiger partial charge in [0.05, 0.1) is 6.04 Å².